The minimum absolute atomic E-state index is 0.0586. The van der Waals surface area contributed by atoms with Crippen LogP contribution in [0, 0.1) is 5.41 Å². The van der Waals surface area contributed by atoms with E-state index in [0.29, 0.717) is 24.7 Å². The number of benzene rings is 4. The lowest BCUT2D eigenvalue weighted by Gasteiger charge is -2.17. The zero-order valence-electron chi connectivity index (χ0n) is 23.1. The number of hydrogen-bond acceptors (Lipinski definition) is 7. The molecule has 0 aliphatic heterocycles. The first-order valence-corrected chi connectivity index (χ1v) is 13.4. The summed E-state index contributed by atoms with van der Waals surface area (Å²) >= 11 is 5.50. The van der Waals surface area contributed by atoms with Crippen molar-refractivity contribution in [2.24, 2.45) is 5.73 Å². The summed E-state index contributed by atoms with van der Waals surface area (Å²) in [6.07, 6.45) is 1.32. The highest BCUT2D eigenvalue weighted by atomic mass is 35.5. The summed E-state index contributed by atoms with van der Waals surface area (Å²) in [5.74, 6) is 0.714. The molecule has 4 rings (SSSR count). The average Bonchev–Trinajstić information content (AvgIpc) is 2.99. The van der Waals surface area contributed by atoms with Gasteiger partial charge in [-0.15, -0.1) is 0 Å². The molecule has 0 radical (unpaired) electrons. The number of nitrogens with two attached hydrogens (primary N) is 1. The molecular formula is C32H35ClN4O4. The van der Waals surface area contributed by atoms with Gasteiger partial charge in [-0.05, 0) is 59.6 Å². The first-order valence-electron chi connectivity index (χ1n) is 13.0. The molecule has 0 atom stereocenters. The lowest BCUT2D eigenvalue weighted by Crippen LogP contribution is -2.21. The molecule has 214 valence electrons. The van der Waals surface area contributed by atoms with E-state index in [4.69, 9.17) is 37.3 Å². The van der Waals surface area contributed by atoms with Crippen LogP contribution in [0.25, 0.3) is 11.1 Å². The monoisotopic (exact) mass is 574 g/mol. The van der Waals surface area contributed by atoms with E-state index in [1.807, 2.05) is 49.5 Å². The highest BCUT2D eigenvalue weighted by Crippen LogP contribution is 2.39. The largest absolute Gasteiger partial charge is 0.506 e. The number of carbonyl (C=O) groups is 1. The summed E-state index contributed by atoms with van der Waals surface area (Å²) in [4.78, 5) is 10.5. The smallest absolute Gasteiger partial charge is 0.248 e. The number of nitrogens with one attached hydrogen (secondary N) is 3. The van der Waals surface area contributed by atoms with Crippen molar-refractivity contribution in [3.63, 3.8) is 0 Å². The van der Waals surface area contributed by atoms with E-state index in [1.54, 1.807) is 7.11 Å². The van der Waals surface area contributed by atoms with Crippen LogP contribution in [-0.4, -0.2) is 44.5 Å². The van der Waals surface area contributed by atoms with Gasteiger partial charge in [0, 0.05) is 37.0 Å². The Bertz CT molecular complexity index is 1430. The number of phenolic OH excluding ortho intramolecular Hbond substituents is 1. The van der Waals surface area contributed by atoms with Crippen LogP contribution in [0.5, 0.6) is 17.2 Å². The number of rotatable bonds is 12. The lowest BCUT2D eigenvalue weighted by molar-refractivity contribution is 0.100. The molecule has 0 aliphatic carbocycles. The second kappa shape index (κ2) is 16.0. The fourth-order valence-corrected chi connectivity index (χ4v) is 4.12. The van der Waals surface area contributed by atoms with Gasteiger partial charge >= 0.3 is 0 Å². The van der Waals surface area contributed by atoms with Crippen LogP contribution in [0.2, 0.25) is 5.02 Å². The number of halogens is 1. The number of ether oxygens (including phenoxy) is 2. The molecule has 8 nitrogen and oxygen atoms in total. The second-order valence-corrected chi connectivity index (χ2v) is 9.42. The van der Waals surface area contributed by atoms with Gasteiger partial charge in [0.15, 0.2) is 11.5 Å². The Morgan fingerprint density at radius 2 is 1.68 bits per heavy atom. The van der Waals surface area contributed by atoms with Crippen molar-refractivity contribution in [1.29, 1.82) is 5.41 Å². The van der Waals surface area contributed by atoms with Crippen molar-refractivity contribution in [3.8, 4) is 28.4 Å². The van der Waals surface area contributed by atoms with Gasteiger partial charge in [0.25, 0.3) is 0 Å². The van der Waals surface area contributed by atoms with Crippen LogP contribution in [0.3, 0.4) is 0 Å². The first-order chi connectivity index (χ1) is 19.9. The van der Waals surface area contributed by atoms with Crippen molar-refractivity contribution >= 4 is 23.7 Å². The first kappa shape index (κ1) is 31.2. The molecule has 0 saturated carbocycles. The standard InChI is InChI=1S/C25H29N3O2.C7H6ClNO2/c1-27-17-19-8-10-20(11-9-19)18-28-12-13-30-25-23(22-6-4-3-5-7-22)14-21(16-26)15-24(25)29-2;8-5-3-4(7(9)11)1-2-6(5)10/h3-11,14-16,26-28H,12-13,17-18H2,1-2H3;1-3,10H,(H2,9,11). The zero-order chi connectivity index (χ0) is 29.6. The molecule has 4 aromatic rings. The highest BCUT2D eigenvalue weighted by Gasteiger charge is 2.14. The van der Waals surface area contributed by atoms with Crippen molar-refractivity contribution < 1.29 is 19.4 Å². The van der Waals surface area contributed by atoms with Crippen molar-refractivity contribution in [2.75, 3.05) is 27.3 Å². The van der Waals surface area contributed by atoms with Crippen LogP contribution >= 0.6 is 11.6 Å². The summed E-state index contributed by atoms with van der Waals surface area (Å²) in [5.41, 5.74) is 10.5. The molecule has 0 unspecified atom stereocenters. The predicted octanol–water partition coefficient (Wildman–Crippen LogP) is 5.39. The van der Waals surface area contributed by atoms with Crippen LogP contribution in [0.1, 0.15) is 27.0 Å². The van der Waals surface area contributed by atoms with E-state index in [0.717, 1.165) is 29.8 Å². The topological polar surface area (TPSA) is 130 Å². The summed E-state index contributed by atoms with van der Waals surface area (Å²) in [5, 5.41) is 23.3. The van der Waals surface area contributed by atoms with Gasteiger partial charge in [0.2, 0.25) is 5.91 Å². The number of amides is 1. The molecule has 0 fully saturated rings. The molecule has 0 heterocycles. The zero-order valence-corrected chi connectivity index (χ0v) is 23.9. The van der Waals surface area contributed by atoms with E-state index < -0.39 is 5.91 Å². The second-order valence-electron chi connectivity index (χ2n) is 9.01. The normalized spacial score (nSPS) is 10.3. The molecule has 9 heteroatoms. The molecule has 0 saturated heterocycles. The Kier molecular flexibility index (Phi) is 12.2. The maximum atomic E-state index is 10.5. The predicted molar refractivity (Wildman–Crippen MR) is 164 cm³/mol. The highest BCUT2D eigenvalue weighted by molar-refractivity contribution is 6.32. The van der Waals surface area contributed by atoms with Gasteiger partial charge in [-0.2, -0.15) is 0 Å². The van der Waals surface area contributed by atoms with Gasteiger partial charge in [-0.25, -0.2) is 0 Å². The van der Waals surface area contributed by atoms with Crippen molar-refractivity contribution in [1.82, 2.24) is 10.6 Å². The number of methoxy groups -OCH3 is 1. The van der Waals surface area contributed by atoms with Gasteiger partial charge in [-0.1, -0.05) is 66.2 Å². The Balaban J connectivity index is 0.000000352. The van der Waals surface area contributed by atoms with E-state index in [-0.39, 0.29) is 16.3 Å². The Hall–Kier alpha value is -4.37. The maximum absolute atomic E-state index is 10.5. The van der Waals surface area contributed by atoms with E-state index in [9.17, 15) is 4.79 Å². The maximum Gasteiger partial charge on any atom is 0.248 e. The van der Waals surface area contributed by atoms with E-state index in [2.05, 4.69) is 34.9 Å². The molecule has 6 N–H and O–H groups in total. The number of carbonyl (C=O) groups excluding carboxylic acids is 1. The van der Waals surface area contributed by atoms with Gasteiger partial charge < -0.3 is 36.4 Å². The molecule has 1 amide bonds. The Morgan fingerprint density at radius 1 is 1.00 bits per heavy atom. The van der Waals surface area contributed by atoms with Crippen molar-refractivity contribution in [3.05, 3.63) is 112 Å². The summed E-state index contributed by atoms with van der Waals surface area (Å²) in [6, 6.07) is 26.4. The van der Waals surface area contributed by atoms with Gasteiger partial charge in [0.05, 0.1) is 12.1 Å². The number of primary amides is 1. The summed E-state index contributed by atoms with van der Waals surface area (Å²) in [7, 11) is 3.58. The number of phenols is 1. The molecular weight excluding hydrogens is 540 g/mol. The Labute approximate surface area is 245 Å². The number of aromatic hydroxyl groups is 1. The van der Waals surface area contributed by atoms with Gasteiger partial charge in [0.1, 0.15) is 12.4 Å². The van der Waals surface area contributed by atoms with Crippen LogP contribution < -0.4 is 25.8 Å². The minimum Gasteiger partial charge on any atom is -0.506 e. The third-order valence-electron chi connectivity index (χ3n) is 6.04. The minimum atomic E-state index is -0.563. The SMILES string of the molecule is CNCc1ccc(CNCCOc2c(OC)cc(C=N)cc2-c2ccccc2)cc1.NC(=O)c1ccc(O)c(Cl)c1. The summed E-state index contributed by atoms with van der Waals surface area (Å²) < 4.78 is 11.7. The van der Waals surface area contributed by atoms with Crippen molar-refractivity contribution in [2.45, 2.75) is 13.1 Å². The molecule has 0 spiro atoms. The molecule has 0 aromatic heterocycles. The molecule has 0 bridgehead atoms. The van der Waals surface area contributed by atoms with E-state index in [1.165, 1.54) is 35.5 Å². The number of hydrogen-bond donors (Lipinski definition) is 5. The fraction of sp³-hybridized carbons (Fsp3) is 0.188. The quantitative estimate of drug-likeness (QED) is 0.114. The fourth-order valence-electron chi connectivity index (χ4n) is 3.94. The van der Waals surface area contributed by atoms with Crippen LogP contribution in [0.15, 0.2) is 84.9 Å². The molecule has 4 aromatic carbocycles. The Morgan fingerprint density at radius 3 is 2.27 bits per heavy atom. The molecule has 41 heavy (non-hydrogen) atoms. The van der Waals surface area contributed by atoms with Gasteiger partial charge in [-0.3, -0.25) is 4.79 Å². The van der Waals surface area contributed by atoms with Crippen LogP contribution in [0.4, 0.5) is 0 Å². The molecule has 0 aliphatic rings. The lowest BCUT2D eigenvalue weighted by atomic mass is 10.0. The average molecular weight is 575 g/mol. The van der Waals surface area contributed by atoms with Crippen LogP contribution in [-0.2, 0) is 13.1 Å². The third-order valence-corrected chi connectivity index (χ3v) is 6.34. The third kappa shape index (κ3) is 9.36. The van der Waals surface area contributed by atoms with E-state index >= 15 is 0 Å². The summed E-state index contributed by atoms with van der Waals surface area (Å²) in [6.45, 7) is 2.89.